The van der Waals surface area contributed by atoms with Crippen LogP contribution in [-0.2, 0) is 9.53 Å². The Labute approximate surface area is 129 Å². The summed E-state index contributed by atoms with van der Waals surface area (Å²) < 4.78 is 5.68. The average molecular weight is 308 g/mol. The van der Waals surface area contributed by atoms with Crippen molar-refractivity contribution >= 4 is 18.3 Å². The highest BCUT2D eigenvalue weighted by atomic mass is 35.5. The molecule has 6 heteroatoms. The molecule has 3 N–H and O–H groups in total. The number of carbonyl (C=O) groups is 1. The van der Waals surface area contributed by atoms with Crippen LogP contribution in [0.3, 0.4) is 0 Å². The molecule has 0 radical (unpaired) electrons. The summed E-state index contributed by atoms with van der Waals surface area (Å²) in [4.78, 5) is 14.1. The van der Waals surface area contributed by atoms with Gasteiger partial charge in [0.1, 0.15) is 0 Å². The molecule has 2 atom stereocenters. The van der Waals surface area contributed by atoms with Crippen LogP contribution < -0.4 is 11.1 Å². The van der Waals surface area contributed by atoms with E-state index in [1.54, 1.807) is 0 Å². The van der Waals surface area contributed by atoms with Gasteiger partial charge in [0.25, 0.3) is 0 Å². The second-order valence-electron chi connectivity index (χ2n) is 5.79. The van der Waals surface area contributed by atoms with Crippen LogP contribution in [0.5, 0.6) is 0 Å². The molecule has 1 fully saturated rings. The fourth-order valence-electron chi connectivity index (χ4n) is 2.37. The maximum Gasteiger partial charge on any atom is 0.237 e. The van der Waals surface area contributed by atoms with Crippen molar-refractivity contribution in [2.45, 2.75) is 45.8 Å². The van der Waals surface area contributed by atoms with Gasteiger partial charge in [-0.3, -0.25) is 9.69 Å². The Bertz CT molecular complexity index is 277. The molecule has 20 heavy (non-hydrogen) atoms. The van der Waals surface area contributed by atoms with Crippen molar-refractivity contribution in [1.82, 2.24) is 10.2 Å². The predicted octanol–water partition coefficient (Wildman–Crippen LogP) is 1.01. The molecular formula is C14H30ClN3O2. The zero-order chi connectivity index (χ0) is 14.3. The van der Waals surface area contributed by atoms with Gasteiger partial charge in [-0.15, -0.1) is 12.4 Å². The molecule has 0 aromatic rings. The first-order valence-corrected chi connectivity index (χ1v) is 7.40. The molecule has 0 aromatic heterocycles. The molecule has 0 saturated carbocycles. The van der Waals surface area contributed by atoms with Gasteiger partial charge in [-0.05, 0) is 12.3 Å². The van der Waals surface area contributed by atoms with E-state index in [-0.39, 0.29) is 30.5 Å². The molecule has 5 nitrogen and oxygen atoms in total. The molecule has 1 amide bonds. The maximum absolute atomic E-state index is 11.7. The van der Waals surface area contributed by atoms with Crippen LogP contribution >= 0.6 is 12.4 Å². The van der Waals surface area contributed by atoms with E-state index in [9.17, 15) is 4.79 Å². The smallest absolute Gasteiger partial charge is 0.237 e. The third-order valence-corrected chi connectivity index (χ3v) is 3.29. The number of amides is 1. The van der Waals surface area contributed by atoms with E-state index in [1.165, 1.54) is 0 Å². The Hall–Kier alpha value is -0.360. The van der Waals surface area contributed by atoms with Gasteiger partial charge in [-0.1, -0.05) is 27.2 Å². The fraction of sp³-hybridized carbons (Fsp3) is 0.929. The lowest BCUT2D eigenvalue weighted by Crippen LogP contribution is -2.50. The monoisotopic (exact) mass is 307 g/mol. The van der Waals surface area contributed by atoms with Crippen LogP contribution in [0.4, 0.5) is 0 Å². The molecule has 120 valence electrons. The van der Waals surface area contributed by atoms with Gasteiger partial charge in [0, 0.05) is 26.2 Å². The summed E-state index contributed by atoms with van der Waals surface area (Å²) in [5.74, 6) is 0.595. The minimum atomic E-state index is -0.389. The average Bonchev–Trinajstić information content (AvgIpc) is 2.36. The van der Waals surface area contributed by atoms with E-state index in [0.717, 1.165) is 39.1 Å². The molecule has 1 heterocycles. The highest BCUT2D eigenvalue weighted by Gasteiger charge is 2.22. The maximum atomic E-state index is 11.7. The van der Waals surface area contributed by atoms with Crippen LogP contribution in [0.1, 0.15) is 33.6 Å². The van der Waals surface area contributed by atoms with Gasteiger partial charge in [-0.25, -0.2) is 0 Å². The van der Waals surface area contributed by atoms with Gasteiger partial charge in [-0.2, -0.15) is 0 Å². The number of halogens is 1. The van der Waals surface area contributed by atoms with E-state index in [2.05, 4.69) is 24.1 Å². The largest absolute Gasteiger partial charge is 0.374 e. The Kier molecular flexibility index (Phi) is 10.2. The van der Waals surface area contributed by atoms with Crippen molar-refractivity contribution < 1.29 is 9.53 Å². The molecule has 1 rings (SSSR count). The second-order valence-corrected chi connectivity index (χ2v) is 5.79. The number of ether oxygens (including phenoxy) is 1. The highest BCUT2D eigenvalue weighted by Crippen LogP contribution is 2.07. The predicted molar refractivity (Wildman–Crippen MR) is 84.2 cm³/mol. The van der Waals surface area contributed by atoms with E-state index in [1.807, 2.05) is 6.92 Å². The van der Waals surface area contributed by atoms with E-state index in [4.69, 9.17) is 10.5 Å². The number of nitrogens with zero attached hydrogens (tertiary/aromatic N) is 1. The van der Waals surface area contributed by atoms with Crippen LogP contribution in [0.25, 0.3) is 0 Å². The first kappa shape index (κ1) is 19.6. The Morgan fingerprint density at radius 2 is 2.20 bits per heavy atom. The van der Waals surface area contributed by atoms with Crippen molar-refractivity contribution in [3.05, 3.63) is 0 Å². The molecule has 1 aliphatic rings. The third-order valence-electron chi connectivity index (χ3n) is 3.29. The SMILES string of the molecule is CCCC(N)C(=O)NCC1CN(CC(C)C)CCO1.Cl. The second kappa shape index (κ2) is 10.4. The molecule has 0 spiro atoms. The van der Waals surface area contributed by atoms with Crippen molar-refractivity contribution in [2.75, 3.05) is 32.8 Å². The third kappa shape index (κ3) is 7.43. The summed E-state index contributed by atoms with van der Waals surface area (Å²) in [5.41, 5.74) is 5.77. The van der Waals surface area contributed by atoms with Crippen LogP contribution in [0, 0.1) is 5.92 Å². The molecule has 2 unspecified atom stereocenters. The molecule has 1 saturated heterocycles. The van der Waals surface area contributed by atoms with Gasteiger partial charge in [0.05, 0.1) is 18.8 Å². The Morgan fingerprint density at radius 3 is 2.80 bits per heavy atom. The van der Waals surface area contributed by atoms with E-state index >= 15 is 0 Å². The fourth-order valence-corrected chi connectivity index (χ4v) is 2.37. The zero-order valence-corrected chi connectivity index (χ0v) is 13.7. The molecule has 1 aliphatic heterocycles. The highest BCUT2D eigenvalue weighted by molar-refractivity contribution is 5.85. The summed E-state index contributed by atoms with van der Waals surface area (Å²) in [6.07, 6.45) is 1.75. The summed E-state index contributed by atoms with van der Waals surface area (Å²) in [7, 11) is 0. The van der Waals surface area contributed by atoms with Crippen molar-refractivity contribution in [1.29, 1.82) is 0 Å². The van der Waals surface area contributed by atoms with Gasteiger partial charge >= 0.3 is 0 Å². The van der Waals surface area contributed by atoms with E-state index < -0.39 is 0 Å². The van der Waals surface area contributed by atoms with E-state index in [0.29, 0.717) is 12.5 Å². The Morgan fingerprint density at radius 1 is 1.50 bits per heavy atom. The first-order chi connectivity index (χ1) is 9.02. The number of nitrogens with two attached hydrogens (primary N) is 1. The van der Waals surface area contributed by atoms with Gasteiger partial charge in [0.15, 0.2) is 0 Å². The lowest BCUT2D eigenvalue weighted by molar-refractivity contribution is -0.123. The first-order valence-electron chi connectivity index (χ1n) is 7.40. The van der Waals surface area contributed by atoms with Crippen LogP contribution in [0.2, 0.25) is 0 Å². The summed E-state index contributed by atoms with van der Waals surface area (Å²) in [5, 5.41) is 2.90. The molecule has 0 aromatic carbocycles. The lowest BCUT2D eigenvalue weighted by atomic mass is 10.1. The lowest BCUT2D eigenvalue weighted by Gasteiger charge is -2.34. The summed E-state index contributed by atoms with van der Waals surface area (Å²) >= 11 is 0. The summed E-state index contributed by atoms with van der Waals surface area (Å²) in [6, 6.07) is -0.389. The normalized spacial score (nSPS) is 21.4. The topological polar surface area (TPSA) is 67.6 Å². The Balaban J connectivity index is 0.00000361. The molecular weight excluding hydrogens is 278 g/mol. The number of carbonyl (C=O) groups excluding carboxylic acids is 1. The standard InChI is InChI=1S/C14H29N3O2.ClH/c1-4-5-13(15)14(18)16-8-12-10-17(6-7-19-12)9-11(2)3;/h11-13H,4-10,15H2,1-3H3,(H,16,18);1H. The number of hydrogen-bond acceptors (Lipinski definition) is 4. The number of rotatable bonds is 7. The quantitative estimate of drug-likeness (QED) is 0.736. The van der Waals surface area contributed by atoms with Crippen LogP contribution in [0.15, 0.2) is 0 Å². The minimum absolute atomic E-state index is 0. The number of morpholine rings is 1. The minimum Gasteiger partial charge on any atom is -0.374 e. The van der Waals surface area contributed by atoms with Crippen molar-refractivity contribution in [2.24, 2.45) is 11.7 Å². The van der Waals surface area contributed by atoms with Crippen molar-refractivity contribution in [3.8, 4) is 0 Å². The zero-order valence-electron chi connectivity index (χ0n) is 12.9. The summed E-state index contributed by atoms with van der Waals surface area (Å²) in [6.45, 7) is 10.7. The van der Waals surface area contributed by atoms with Crippen LogP contribution in [-0.4, -0.2) is 55.7 Å². The van der Waals surface area contributed by atoms with Crippen molar-refractivity contribution in [3.63, 3.8) is 0 Å². The van der Waals surface area contributed by atoms with Gasteiger partial charge in [0.2, 0.25) is 5.91 Å². The number of hydrogen-bond donors (Lipinski definition) is 2. The molecule has 0 bridgehead atoms. The number of nitrogens with one attached hydrogen (secondary N) is 1. The molecule has 0 aliphatic carbocycles. The van der Waals surface area contributed by atoms with Gasteiger partial charge < -0.3 is 15.8 Å².